The van der Waals surface area contributed by atoms with Gasteiger partial charge in [0.1, 0.15) is 11.5 Å². The van der Waals surface area contributed by atoms with Crippen molar-refractivity contribution in [2.75, 3.05) is 13.2 Å². The normalized spacial score (nSPS) is 11.7. The number of hydrogen-bond donors (Lipinski definition) is 2. The third-order valence-corrected chi connectivity index (χ3v) is 5.37. The van der Waals surface area contributed by atoms with E-state index in [2.05, 4.69) is 54.5 Å². The number of benzene rings is 2. The zero-order valence-corrected chi connectivity index (χ0v) is 20.1. The number of nitrogens with one attached hydrogen (secondary N) is 2. The number of amides is 2. The molecule has 168 valence electrons. The molecule has 0 aromatic heterocycles. The standard InChI is InChI=1S/C24H31BrN2O4/c1-5-17(4)19-8-6-7-9-21(19)31-15-23(28)26-27-24(29)20-14-18(25)10-11-22(20)30-13-12-16(2)3/h6-11,14,16-17H,5,12-13,15H2,1-4H3,(H,26,28)(H,27,29). The van der Waals surface area contributed by atoms with Crippen LogP contribution in [-0.4, -0.2) is 25.0 Å². The molecular weight excluding hydrogens is 460 g/mol. The van der Waals surface area contributed by atoms with Crippen molar-refractivity contribution < 1.29 is 19.1 Å². The molecule has 2 rings (SSSR count). The van der Waals surface area contributed by atoms with Gasteiger partial charge in [-0.3, -0.25) is 20.4 Å². The molecule has 0 aliphatic heterocycles. The molecule has 0 aliphatic rings. The van der Waals surface area contributed by atoms with Crippen molar-refractivity contribution in [2.45, 2.75) is 46.5 Å². The second-order valence-electron chi connectivity index (χ2n) is 7.81. The number of carbonyl (C=O) groups excluding carboxylic acids is 2. The molecule has 0 bridgehead atoms. The summed E-state index contributed by atoms with van der Waals surface area (Å²) in [6.07, 6.45) is 1.85. The lowest BCUT2D eigenvalue weighted by molar-refractivity contribution is -0.123. The predicted octanol–water partition coefficient (Wildman–Crippen LogP) is 5.23. The van der Waals surface area contributed by atoms with Gasteiger partial charge in [-0.05, 0) is 54.5 Å². The molecule has 7 heteroatoms. The summed E-state index contributed by atoms with van der Waals surface area (Å²) in [7, 11) is 0. The highest BCUT2D eigenvalue weighted by Crippen LogP contribution is 2.28. The van der Waals surface area contributed by atoms with Crippen LogP contribution in [0.4, 0.5) is 0 Å². The van der Waals surface area contributed by atoms with Crippen LogP contribution in [0.25, 0.3) is 0 Å². The van der Waals surface area contributed by atoms with E-state index in [1.165, 1.54) is 0 Å². The summed E-state index contributed by atoms with van der Waals surface area (Å²) in [5.41, 5.74) is 6.22. The smallest absolute Gasteiger partial charge is 0.276 e. The maximum atomic E-state index is 12.6. The van der Waals surface area contributed by atoms with Gasteiger partial charge < -0.3 is 9.47 Å². The highest BCUT2D eigenvalue weighted by Gasteiger charge is 2.15. The quantitative estimate of drug-likeness (QED) is 0.447. The van der Waals surface area contributed by atoms with Crippen LogP contribution in [0.3, 0.4) is 0 Å². The zero-order chi connectivity index (χ0) is 22.8. The van der Waals surface area contributed by atoms with E-state index < -0.39 is 11.8 Å². The van der Waals surface area contributed by atoms with Gasteiger partial charge >= 0.3 is 0 Å². The number of halogens is 1. The molecule has 31 heavy (non-hydrogen) atoms. The number of rotatable bonds is 10. The highest BCUT2D eigenvalue weighted by atomic mass is 79.9. The van der Waals surface area contributed by atoms with Gasteiger partial charge in [0.25, 0.3) is 11.8 Å². The van der Waals surface area contributed by atoms with Crippen LogP contribution in [0, 0.1) is 5.92 Å². The van der Waals surface area contributed by atoms with E-state index >= 15 is 0 Å². The van der Waals surface area contributed by atoms with Crippen LogP contribution < -0.4 is 20.3 Å². The Morgan fingerprint density at radius 3 is 2.45 bits per heavy atom. The average Bonchev–Trinajstić information content (AvgIpc) is 2.76. The molecule has 2 aromatic carbocycles. The van der Waals surface area contributed by atoms with Gasteiger partial charge in [0.2, 0.25) is 0 Å². The van der Waals surface area contributed by atoms with Crippen LogP contribution in [0.1, 0.15) is 62.4 Å². The first kappa shape index (κ1) is 24.7. The van der Waals surface area contributed by atoms with Crippen molar-refractivity contribution in [3.63, 3.8) is 0 Å². The molecule has 2 aromatic rings. The van der Waals surface area contributed by atoms with Gasteiger partial charge in [-0.1, -0.05) is 61.8 Å². The van der Waals surface area contributed by atoms with Crippen LogP contribution in [-0.2, 0) is 4.79 Å². The number of hydrazine groups is 1. The van der Waals surface area contributed by atoms with Crippen molar-refractivity contribution in [1.29, 1.82) is 0 Å². The minimum absolute atomic E-state index is 0.204. The molecule has 0 heterocycles. The predicted molar refractivity (Wildman–Crippen MR) is 125 cm³/mol. The molecule has 0 spiro atoms. The van der Waals surface area contributed by atoms with Crippen LogP contribution in [0.2, 0.25) is 0 Å². The number of hydrogen-bond acceptors (Lipinski definition) is 4. The zero-order valence-electron chi connectivity index (χ0n) is 18.5. The first-order valence-corrected chi connectivity index (χ1v) is 11.3. The average molecular weight is 491 g/mol. The Morgan fingerprint density at radius 1 is 1.00 bits per heavy atom. The summed E-state index contributed by atoms with van der Waals surface area (Å²) in [4.78, 5) is 24.8. The van der Waals surface area contributed by atoms with Gasteiger partial charge in [0.15, 0.2) is 6.61 Å². The summed E-state index contributed by atoms with van der Waals surface area (Å²) in [6, 6.07) is 12.9. The monoisotopic (exact) mass is 490 g/mol. The lowest BCUT2D eigenvalue weighted by Crippen LogP contribution is -2.44. The second-order valence-corrected chi connectivity index (χ2v) is 8.73. The summed E-state index contributed by atoms with van der Waals surface area (Å²) in [6.45, 7) is 8.74. The SMILES string of the molecule is CCC(C)c1ccccc1OCC(=O)NNC(=O)c1cc(Br)ccc1OCCC(C)C. The molecule has 2 N–H and O–H groups in total. The summed E-state index contributed by atoms with van der Waals surface area (Å²) in [5.74, 6) is 1.04. The highest BCUT2D eigenvalue weighted by molar-refractivity contribution is 9.10. The van der Waals surface area contributed by atoms with E-state index in [1.54, 1.807) is 12.1 Å². The van der Waals surface area contributed by atoms with Crippen molar-refractivity contribution in [3.05, 3.63) is 58.1 Å². The van der Waals surface area contributed by atoms with Crippen molar-refractivity contribution in [1.82, 2.24) is 10.9 Å². The fourth-order valence-corrected chi connectivity index (χ4v) is 3.18. The van der Waals surface area contributed by atoms with Crippen LogP contribution >= 0.6 is 15.9 Å². The molecular formula is C24H31BrN2O4. The maximum absolute atomic E-state index is 12.6. The molecule has 1 unspecified atom stereocenters. The van der Waals surface area contributed by atoms with E-state index in [-0.39, 0.29) is 6.61 Å². The summed E-state index contributed by atoms with van der Waals surface area (Å²) in [5, 5.41) is 0. The Balaban J connectivity index is 1.93. The number of ether oxygens (including phenoxy) is 2. The van der Waals surface area contributed by atoms with Crippen molar-refractivity contribution >= 4 is 27.7 Å². The number of carbonyl (C=O) groups is 2. The largest absolute Gasteiger partial charge is 0.493 e. The Bertz CT molecular complexity index is 886. The van der Waals surface area contributed by atoms with Gasteiger partial charge in [0, 0.05) is 4.47 Å². The molecule has 0 saturated heterocycles. The summed E-state index contributed by atoms with van der Waals surface area (Å²) >= 11 is 3.37. The first-order valence-electron chi connectivity index (χ1n) is 10.5. The Kier molecular flexibility index (Phi) is 9.85. The van der Waals surface area contributed by atoms with E-state index in [0.717, 1.165) is 22.9 Å². The van der Waals surface area contributed by atoms with Crippen LogP contribution in [0.5, 0.6) is 11.5 Å². The van der Waals surface area contributed by atoms with Crippen molar-refractivity contribution in [2.24, 2.45) is 5.92 Å². The van der Waals surface area contributed by atoms with Gasteiger partial charge in [-0.15, -0.1) is 0 Å². The Morgan fingerprint density at radius 2 is 1.74 bits per heavy atom. The van der Waals surface area contributed by atoms with E-state index in [9.17, 15) is 9.59 Å². The maximum Gasteiger partial charge on any atom is 0.276 e. The minimum atomic E-state index is -0.464. The lowest BCUT2D eigenvalue weighted by atomic mass is 9.98. The number of para-hydroxylation sites is 1. The molecule has 2 amide bonds. The lowest BCUT2D eigenvalue weighted by Gasteiger charge is -2.16. The minimum Gasteiger partial charge on any atom is -0.493 e. The molecule has 0 fully saturated rings. The van der Waals surface area contributed by atoms with Gasteiger partial charge in [-0.25, -0.2) is 0 Å². The third kappa shape index (κ3) is 7.90. The van der Waals surface area contributed by atoms with E-state index in [1.807, 2.05) is 30.3 Å². The van der Waals surface area contributed by atoms with Crippen molar-refractivity contribution in [3.8, 4) is 11.5 Å². The molecule has 0 radical (unpaired) electrons. The Hall–Kier alpha value is -2.54. The van der Waals surface area contributed by atoms with Gasteiger partial charge in [0.05, 0.1) is 12.2 Å². The molecule has 1 atom stereocenters. The fourth-order valence-electron chi connectivity index (χ4n) is 2.82. The Labute approximate surface area is 192 Å². The summed E-state index contributed by atoms with van der Waals surface area (Å²) < 4.78 is 12.2. The van der Waals surface area contributed by atoms with E-state index in [4.69, 9.17) is 9.47 Å². The molecule has 6 nitrogen and oxygen atoms in total. The topological polar surface area (TPSA) is 76.7 Å². The van der Waals surface area contributed by atoms with E-state index in [0.29, 0.717) is 35.5 Å². The molecule has 0 aliphatic carbocycles. The van der Waals surface area contributed by atoms with Crippen LogP contribution in [0.15, 0.2) is 46.9 Å². The fraction of sp³-hybridized carbons (Fsp3) is 0.417. The second kappa shape index (κ2) is 12.3. The first-order chi connectivity index (χ1) is 14.8. The third-order valence-electron chi connectivity index (χ3n) is 4.88. The van der Waals surface area contributed by atoms with Gasteiger partial charge in [-0.2, -0.15) is 0 Å². The molecule has 0 saturated carbocycles.